The lowest BCUT2D eigenvalue weighted by Crippen LogP contribution is -2.49. The number of aryl methyl sites for hydroxylation is 1. The molecule has 3 aromatic rings. The Balaban J connectivity index is 1.37. The highest BCUT2D eigenvalue weighted by molar-refractivity contribution is 7.80. The van der Waals surface area contributed by atoms with Crippen molar-refractivity contribution in [3.8, 4) is 0 Å². The summed E-state index contributed by atoms with van der Waals surface area (Å²) >= 11 is 5.43. The third kappa shape index (κ3) is 6.51. The predicted molar refractivity (Wildman–Crippen MR) is 171 cm³/mol. The van der Waals surface area contributed by atoms with Gasteiger partial charge in [-0.05, 0) is 78.5 Å². The SMILES string of the molecule is C=CCNC(=S)Nc1cc(C2(Cc3nncn3C)COC2)cc(N2Cc3c(cc(CN4CCCC(C)C4)cc3C(F)(F)F)C2=O)n1. The molecule has 1 amide bonds. The number of thiocarbonyl (C=S) groups is 1. The van der Waals surface area contributed by atoms with Gasteiger partial charge in [0.1, 0.15) is 23.8 Å². The highest BCUT2D eigenvalue weighted by Crippen LogP contribution is 2.42. The summed E-state index contributed by atoms with van der Waals surface area (Å²) in [6.07, 6.45) is 1.25. The second-order valence-corrected chi connectivity index (χ2v) is 13.0. The maximum atomic E-state index is 14.5. The summed E-state index contributed by atoms with van der Waals surface area (Å²) in [5.74, 6) is 1.26. The second-order valence-electron chi connectivity index (χ2n) is 12.6. The van der Waals surface area contributed by atoms with Gasteiger partial charge in [-0.3, -0.25) is 14.6 Å². The van der Waals surface area contributed by atoms with Crippen LogP contribution < -0.4 is 15.5 Å². The summed E-state index contributed by atoms with van der Waals surface area (Å²) < 4.78 is 51.0. The first-order chi connectivity index (χ1) is 22.0. The number of ether oxygens (including phenoxy) is 1. The van der Waals surface area contributed by atoms with Gasteiger partial charge in [-0.25, -0.2) is 4.98 Å². The minimum absolute atomic E-state index is 0.0427. The van der Waals surface area contributed by atoms with E-state index in [4.69, 9.17) is 17.0 Å². The molecule has 6 rings (SSSR count). The Hall–Kier alpha value is -3.88. The molecular formula is C32H37F3N8O2S. The number of pyridine rings is 1. The van der Waals surface area contributed by atoms with E-state index in [1.165, 1.54) is 11.0 Å². The first-order valence-electron chi connectivity index (χ1n) is 15.3. The van der Waals surface area contributed by atoms with E-state index in [0.717, 1.165) is 37.3 Å². The van der Waals surface area contributed by atoms with Crippen LogP contribution in [0.2, 0.25) is 0 Å². The molecule has 1 atom stereocenters. The summed E-state index contributed by atoms with van der Waals surface area (Å²) in [4.78, 5) is 22.1. The normalized spacial score (nSPS) is 19.5. The standard InChI is InChI=1S/C32H37F3N8O2S/c1-4-7-36-30(46)39-26-11-22(31(17-45-18-31)13-28-40-37-19-41(28)3)12-27(38-26)43-16-24-23(29(43)44)9-21(10-25(24)32(33,34)35)15-42-8-5-6-20(2)14-42/h4,9-12,19-20H,1,5-8,13-18H2,2-3H3,(H2,36,38,39,46). The number of nitrogens with one attached hydrogen (secondary N) is 2. The van der Waals surface area contributed by atoms with E-state index in [0.29, 0.717) is 50.0 Å². The Bertz CT molecular complexity index is 1650. The minimum Gasteiger partial charge on any atom is -0.379 e. The largest absolute Gasteiger partial charge is 0.416 e. The summed E-state index contributed by atoms with van der Waals surface area (Å²) in [7, 11) is 1.86. The van der Waals surface area contributed by atoms with Crippen molar-refractivity contribution in [1.82, 2.24) is 30.0 Å². The Morgan fingerprint density at radius 2 is 2.07 bits per heavy atom. The molecule has 2 saturated heterocycles. The fourth-order valence-electron chi connectivity index (χ4n) is 6.52. The fraction of sp³-hybridized carbons (Fsp3) is 0.469. The quantitative estimate of drug-likeness (QED) is 0.253. The molecular weight excluding hydrogens is 617 g/mol. The molecule has 5 heterocycles. The first kappa shape index (κ1) is 32.1. The number of carbonyl (C=O) groups is 1. The molecule has 2 fully saturated rings. The van der Waals surface area contributed by atoms with Crippen molar-refractivity contribution in [3.63, 3.8) is 0 Å². The monoisotopic (exact) mass is 654 g/mol. The van der Waals surface area contributed by atoms with Gasteiger partial charge in [0, 0.05) is 44.1 Å². The zero-order chi connectivity index (χ0) is 32.6. The number of fused-ring (bicyclic) bond motifs is 1. The van der Waals surface area contributed by atoms with E-state index >= 15 is 0 Å². The highest BCUT2D eigenvalue weighted by Gasteiger charge is 2.44. The number of halogens is 3. The Kier molecular flexibility index (Phi) is 8.87. The van der Waals surface area contributed by atoms with Crippen LogP contribution in [0.5, 0.6) is 0 Å². The molecule has 0 radical (unpaired) electrons. The average Bonchev–Trinajstić information content (AvgIpc) is 3.54. The van der Waals surface area contributed by atoms with Crippen molar-refractivity contribution < 1.29 is 22.7 Å². The molecule has 3 aliphatic rings. The Morgan fingerprint density at radius 1 is 1.26 bits per heavy atom. The molecule has 0 bridgehead atoms. The molecule has 46 heavy (non-hydrogen) atoms. The van der Waals surface area contributed by atoms with Crippen molar-refractivity contribution in [2.45, 2.75) is 50.9 Å². The van der Waals surface area contributed by atoms with Crippen LogP contribution in [0.4, 0.5) is 24.8 Å². The van der Waals surface area contributed by atoms with Gasteiger partial charge in [0.15, 0.2) is 5.11 Å². The van der Waals surface area contributed by atoms with E-state index in [1.807, 2.05) is 17.7 Å². The third-order valence-corrected chi connectivity index (χ3v) is 9.21. The van der Waals surface area contributed by atoms with Gasteiger partial charge >= 0.3 is 6.18 Å². The number of rotatable bonds is 9. The van der Waals surface area contributed by atoms with E-state index < -0.39 is 23.1 Å². The van der Waals surface area contributed by atoms with Gasteiger partial charge in [0.25, 0.3) is 5.91 Å². The molecule has 2 aromatic heterocycles. The van der Waals surface area contributed by atoms with Crippen molar-refractivity contribution in [2.75, 3.05) is 43.1 Å². The van der Waals surface area contributed by atoms with E-state index in [9.17, 15) is 18.0 Å². The van der Waals surface area contributed by atoms with Crippen LogP contribution in [0.25, 0.3) is 0 Å². The number of alkyl halides is 3. The summed E-state index contributed by atoms with van der Waals surface area (Å²) in [6, 6.07) is 6.42. The van der Waals surface area contributed by atoms with Gasteiger partial charge < -0.3 is 19.9 Å². The number of hydrogen-bond donors (Lipinski definition) is 2. The van der Waals surface area contributed by atoms with Crippen LogP contribution in [-0.2, 0) is 42.9 Å². The predicted octanol–water partition coefficient (Wildman–Crippen LogP) is 4.60. The number of carbonyl (C=O) groups excluding carboxylic acids is 1. The van der Waals surface area contributed by atoms with Crippen molar-refractivity contribution in [3.05, 3.63) is 76.9 Å². The van der Waals surface area contributed by atoms with Gasteiger partial charge in [-0.15, -0.1) is 16.8 Å². The van der Waals surface area contributed by atoms with Crippen molar-refractivity contribution >= 4 is 34.9 Å². The summed E-state index contributed by atoms with van der Waals surface area (Å²) in [5.41, 5.74) is -0.0139. The molecule has 0 saturated carbocycles. The Morgan fingerprint density at radius 3 is 2.72 bits per heavy atom. The first-order valence-corrected chi connectivity index (χ1v) is 15.7. The average molecular weight is 655 g/mol. The number of anilines is 2. The van der Waals surface area contributed by atoms with E-state index in [2.05, 4.69) is 44.2 Å². The number of amides is 1. The lowest BCUT2D eigenvalue weighted by molar-refractivity contribution is -0.138. The highest BCUT2D eigenvalue weighted by atomic mass is 32.1. The van der Waals surface area contributed by atoms with Gasteiger partial charge in [-0.2, -0.15) is 13.2 Å². The minimum atomic E-state index is -4.62. The second kappa shape index (κ2) is 12.7. The molecule has 2 N–H and O–H groups in total. The molecule has 3 aliphatic heterocycles. The van der Waals surface area contributed by atoms with E-state index in [1.54, 1.807) is 24.5 Å². The Labute approximate surface area is 271 Å². The molecule has 244 valence electrons. The van der Waals surface area contributed by atoms with Gasteiger partial charge in [0.2, 0.25) is 0 Å². The fourth-order valence-corrected chi connectivity index (χ4v) is 6.71. The molecule has 1 aromatic carbocycles. The summed E-state index contributed by atoms with van der Waals surface area (Å²) in [6.45, 7) is 8.75. The van der Waals surface area contributed by atoms with E-state index in [-0.39, 0.29) is 28.6 Å². The van der Waals surface area contributed by atoms with Crippen LogP contribution in [-0.4, -0.2) is 68.5 Å². The summed E-state index contributed by atoms with van der Waals surface area (Å²) in [5, 5.41) is 14.6. The van der Waals surface area contributed by atoms with Crippen LogP contribution in [0.3, 0.4) is 0 Å². The molecule has 14 heteroatoms. The number of benzene rings is 1. The number of likely N-dealkylation sites (tertiary alicyclic amines) is 1. The lowest BCUT2D eigenvalue weighted by Gasteiger charge is -2.42. The number of aromatic nitrogens is 4. The van der Waals surface area contributed by atoms with Crippen LogP contribution >= 0.6 is 12.2 Å². The van der Waals surface area contributed by atoms with Crippen LogP contribution in [0, 0.1) is 5.92 Å². The zero-order valence-electron chi connectivity index (χ0n) is 25.9. The molecule has 1 unspecified atom stereocenters. The van der Waals surface area contributed by atoms with Gasteiger partial charge in [-0.1, -0.05) is 13.0 Å². The lowest BCUT2D eigenvalue weighted by atomic mass is 9.75. The van der Waals surface area contributed by atoms with Crippen molar-refractivity contribution in [1.29, 1.82) is 0 Å². The number of hydrogen-bond acceptors (Lipinski definition) is 7. The number of piperidine rings is 1. The van der Waals surface area contributed by atoms with Crippen molar-refractivity contribution in [2.24, 2.45) is 13.0 Å². The van der Waals surface area contributed by atoms with Crippen LogP contribution in [0.15, 0.2) is 43.2 Å². The molecule has 0 spiro atoms. The van der Waals surface area contributed by atoms with Gasteiger partial charge in [0.05, 0.1) is 25.3 Å². The topological polar surface area (TPSA) is 100 Å². The smallest absolute Gasteiger partial charge is 0.379 e. The molecule has 10 nitrogen and oxygen atoms in total. The zero-order valence-corrected chi connectivity index (χ0v) is 26.7. The maximum Gasteiger partial charge on any atom is 0.416 e. The molecule has 0 aliphatic carbocycles. The third-order valence-electron chi connectivity index (χ3n) is 8.96. The maximum absolute atomic E-state index is 14.5. The van der Waals surface area contributed by atoms with Crippen LogP contribution in [0.1, 0.15) is 58.2 Å². The number of nitrogens with zero attached hydrogens (tertiary/aromatic N) is 6.